The van der Waals surface area contributed by atoms with E-state index in [-0.39, 0.29) is 12.0 Å². The van der Waals surface area contributed by atoms with Gasteiger partial charge in [-0.2, -0.15) is 0 Å². The first kappa shape index (κ1) is 14.7. The number of hydrogen-bond donors (Lipinski definition) is 1. The molecule has 0 aliphatic carbocycles. The maximum atomic E-state index is 11.2. The molecule has 2 heterocycles. The van der Waals surface area contributed by atoms with Crippen LogP contribution in [-0.4, -0.2) is 35.3 Å². The van der Waals surface area contributed by atoms with Gasteiger partial charge in [0.25, 0.3) is 0 Å². The highest BCUT2D eigenvalue weighted by atomic mass is 16.5. The molecule has 22 heavy (non-hydrogen) atoms. The summed E-state index contributed by atoms with van der Waals surface area (Å²) in [6.45, 7) is 1.39. The Balaban J connectivity index is 1.71. The molecular weight excluding hydrogens is 282 g/mol. The number of benzene rings is 1. The third-order valence-corrected chi connectivity index (χ3v) is 4.11. The fourth-order valence-corrected chi connectivity index (χ4v) is 2.90. The lowest BCUT2D eigenvalue weighted by Crippen LogP contribution is -2.46. The predicted molar refractivity (Wildman–Crippen MR) is 80.7 cm³/mol. The van der Waals surface area contributed by atoms with Crippen LogP contribution in [0.1, 0.15) is 23.5 Å². The van der Waals surface area contributed by atoms with Gasteiger partial charge in [-0.3, -0.25) is 0 Å². The smallest absolute Gasteiger partial charge is 0.407 e. The van der Waals surface area contributed by atoms with E-state index in [4.69, 9.17) is 9.15 Å². The standard InChI is InChI=1S/C17H19NO4/c19-17(20)18-8-6-15(14-7-9-21-12-14)16(10-18)22-11-13-4-2-1-3-5-13/h1-5,7,9,12,15-16H,6,8,10-11H2,(H,19,20). The molecule has 2 atom stereocenters. The number of carboxylic acid groups (broad SMARTS) is 1. The molecule has 0 saturated carbocycles. The molecule has 3 rings (SSSR count). The molecule has 1 amide bonds. The molecule has 2 unspecified atom stereocenters. The van der Waals surface area contributed by atoms with Crippen molar-refractivity contribution in [2.75, 3.05) is 13.1 Å². The summed E-state index contributed by atoms with van der Waals surface area (Å²) in [4.78, 5) is 12.6. The molecular formula is C17H19NO4. The van der Waals surface area contributed by atoms with Crippen molar-refractivity contribution in [2.45, 2.75) is 25.0 Å². The Morgan fingerprint density at radius 1 is 1.32 bits per heavy atom. The summed E-state index contributed by atoms with van der Waals surface area (Å²) in [5.41, 5.74) is 2.16. The molecule has 116 valence electrons. The van der Waals surface area contributed by atoms with Crippen LogP contribution in [-0.2, 0) is 11.3 Å². The maximum Gasteiger partial charge on any atom is 0.407 e. The number of furan rings is 1. The van der Waals surface area contributed by atoms with Crippen LogP contribution >= 0.6 is 0 Å². The van der Waals surface area contributed by atoms with Crippen LogP contribution in [0.3, 0.4) is 0 Å². The summed E-state index contributed by atoms with van der Waals surface area (Å²) < 4.78 is 11.2. The Bertz CT molecular complexity index is 596. The van der Waals surface area contributed by atoms with Crippen molar-refractivity contribution in [3.05, 3.63) is 60.1 Å². The van der Waals surface area contributed by atoms with Crippen LogP contribution in [0.5, 0.6) is 0 Å². The lowest BCUT2D eigenvalue weighted by atomic mass is 9.88. The van der Waals surface area contributed by atoms with E-state index in [0.29, 0.717) is 19.7 Å². The Kier molecular flexibility index (Phi) is 4.44. The molecule has 5 nitrogen and oxygen atoms in total. The first-order valence-corrected chi connectivity index (χ1v) is 7.39. The third-order valence-electron chi connectivity index (χ3n) is 4.11. The largest absolute Gasteiger partial charge is 0.472 e. The average Bonchev–Trinajstić information content (AvgIpc) is 3.08. The minimum Gasteiger partial charge on any atom is -0.472 e. The van der Waals surface area contributed by atoms with Gasteiger partial charge in [-0.1, -0.05) is 30.3 Å². The van der Waals surface area contributed by atoms with Crippen LogP contribution in [0.15, 0.2) is 53.3 Å². The molecule has 1 aliphatic heterocycles. The molecule has 0 bridgehead atoms. The number of piperidine rings is 1. The SMILES string of the molecule is O=C(O)N1CCC(c2ccoc2)C(OCc2ccccc2)C1. The molecule has 0 spiro atoms. The number of likely N-dealkylation sites (tertiary alicyclic amines) is 1. The summed E-state index contributed by atoms with van der Waals surface area (Å²) >= 11 is 0. The van der Waals surface area contributed by atoms with E-state index in [1.54, 1.807) is 12.5 Å². The average molecular weight is 301 g/mol. The van der Waals surface area contributed by atoms with Gasteiger partial charge in [-0.15, -0.1) is 0 Å². The van der Waals surface area contributed by atoms with E-state index in [1.807, 2.05) is 36.4 Å². The summed E-state index contributed by atoms with van der Waals surface area (Å²) in [7, 11) is 0. The highest BCUT2D eigenvalue weighted by molar-refractivity contribution is 5.65. The molecule has 2 aromatic rings. The van der Waals surface area contributed by atoms with Crippen molar-refractivity contribution in [1.82, 2.24) is 4.90 Å². The van der Waals surface area contributed by atoms with Gasteiger partial charge in [0.15, 0.2) is 0 Å². The Hall–Kier alpha value is -2.27. The Morgan fingerprint density at radius 3 is 2.82 bits per heavy atom. The van der Waals surface area contributed by atoms with E-state index in [2.05, 4.69) is 0 Å². The molecule has 1 fully saturated rings. The number of hydrogen-bond acceptors (Lipinski definition) is 3. The Labute approximate surface area is 129 Å². The first-order chi connectivity index (χ1) is 10.7. The topological polar surface area (TPSA) is 62.9 Å². The lowest BCUT2D eigenvalue weighted by Gasteiger charge is -2.36. The minimum atomic E-state index is -0.890. The van der Waals surface area contributed by atoms with E-state index < -0.39 is 6.09 Å². The maximum absolute atomic E-state index is 11.2. The second kappa shape index (κ2) is 6.66. The fraction of sp³-hybridized carbons (Fsp3) is 0.353. The Morgan fingerprint density at radius 2 is 2.14 bits per heavy atom. The van der Waals surface area contributed by atoms with E-state index in [0.717, 1.165) is 17.5 Å². The highest BCUT2D eigenvalue weighted by Gasteiger charge is 2.33. The molecule has 5 heteroatoms. The first-order valence-electron chi connectivity index (χ1n) is 7.39. The van der Waals surface area contributed by atoms with Gasteiger partial charge in [0, 0.05) is 12.5 Å². The number of amides is 1. The van der Waals surface area contributed by atoms with Crippen LogP contribution in [0.25, 0.3) is 0 Å². The summed E-state index contributed by atoms with van der Waals surface area (Å²) in [6.07, 6.45) is 3.06. The van der Waals surface area contributed by atoms with Crippen molar-refractivity contribution in [1.29, 1.82) is 0 Å². The summed E-state index contributed by atoms with van der Waals surface area (Å²) in [6, 6.07) is 11.8. The quantitative estimate of drug-likeness (QED) is 0.941. The zero-order valence-corrected chi connectivity index (χ0v) is 12.2. The highest BCUT2D eigenvalue weighted by Crippen LogP contribution is 2.31. The number of rotatable bonds is 4. The molecule has 1 aliphatic rings. The van der Waals surface area contributed by atoms with Crippen molar-refractivity contribution in [3.63, 3.8) is 0 Å². The zero-order valence-electron chi connectivity index (χ0n) is 12.2. The number of carbonyl (C=O) groups is 1. The lowest BCUT2D eigenvalue weighted by molar-refractivity contribution is -0.0200. The predicted octanol–water partition coefficient (Wildman–Crippen LogP) is 3.33. The molecule has 1 saturated heterocycles. The summed E-state index contributed by atoms with van der Waals surface area (Å²) in [5, 5.41) is 9.21. The monoisotopic (exact) mass is 301 g/mol. The van der Waals surface area contributed by atoms with Crippen LogP contribution in [0, 0.1) is 0 Å². The van der Waals surface area contributed by atoms with Gasteiger partial charge in [0.05, 0.1) is 31.8 Å². The fourth-order valence-electron chi connectivity index (χ4n) is 2.90. The number of nitrogens with zero attached hydrogens (tertiary/aromatic N) is 1. The van der Waals surface area contributed by atoms with Gasteiger partial charge >= 0.3 is 6.09 Å². The second-order valence-corrected chi connectivity index (χ2v) is 5.52. The summed E-state index contributed by atoms with van der Waals surface area (Å²) in [5.74, 6) is 0.165. The molecule has 1 aromatic heterocycles. The van der Waals surface area contributed by atoms with E-state index in [1.165, 1.54) is 4.90 Å². The molecule has 0 radical (unpaired) electrons. The van der Waals surface area contributed by atoms with Crippen molar-refractivity contribution >= 4 is 6.09 Å². The van der Waals surface area contributed by atoms with Crippen molar-refractivity contribution < 1.29 is 19.1 Å². The van der Waals surface area contributed by atoms with E-state index in [9.17, 15) is 9.90 Å². The van der Waals surface area contributed by atoms with Gasteiger partial charge in [0.2, 0.25) is 0 Å². The van der Waals surface area contributed by atoms with Gasteiger partial charge in [0.1, 0.15) is 0 Å². The molecule has 1 N–H and O–H groups in total. The van der Waals surface area contributed by atoms with Crippen LogP contribution in [0.4, 0.5) is 4.79 Å². The number of ether oxygens (including phenoxy) is 1. The van der Waals surface area contributed by atoms with Crippen molar-refractivity contribution in [2.24, 2.45) is 0 Å². The zero-order chi connectivity index (χ0) is 15.4. The van der Waals surface area contributed by atoms with Crippen LogP contribution < -0.4 is 0 Å². The second-order valence-electron chi connectivity index (χ2n) is 5.52. The van der Waals surface area contributed by atoms with Gasteiger partial charge in [-0.05, 0) is 23.6 Å². The van der Waals surface area contributed by atoms with Gasteiger partial charge < -0.3 is 19.2 Å². The van der Waals surface area contributed by atoms with Crippen molar-refractivity contribution in [3.8, 4) is 0 Å². The van der Waals surface area contributed by atoms with Gasteiger partial charge in [-0.25, -0.2) is 4.79 Å². The van der Waals surface area contributed by atoms with Crippen LogP contribution in [0.2, 0.25) is 0 Å². The molecule has 1 aromatic carbocycles. The minimum absolute atomic E-state index is 0.164. The van der Waals surface area contributed by atoms with E-state index >= 15 is 0 Å². The normalized spacial score (nSPS) is 21.7. The third kappa shape index (κ3) is 3.31.